The summed E-state index contributed by atoms with van der Waals surface area (Å²) in [5, 5.41) is 25.3. The van der Waals surface area contributed by atoms with Crippen LogP contribution in [0.4, 0.5) is 0 Å². The van der Waals surface area contributed by atoms with Gasteiger partial charge in [0, 0.05) is 30.6 Å². The zero-order valence-corrected chi connectivity index (χ0v) is 21.7. The molecule has 3 aromatic rings. The van der Waals surface area contributed by atoms with E-state index in [2.05, 4.69) is 5.32 Å². The summed E-state index contributed by atoms with van der Waals surface area (Å²) < 4.78 is 15.9. The molecule has 0 aliphatic heterocycles. The lowest BCUT2D eigenvalue weighted by Crippen LogP contribution is -2.29. The third kappa shape index (κ3) is 8.60. The van der Waals surface area contributed by atoms with Crippen LogP contribution in [-0.4, -0.2) is 36.4 Å². The van der Waals surface area contributed by atoms with Crippen LogP contribution >= 0.6 is 0 Å². The van der Waals surface area contributed by atoms with Crippen molar-refractivity contribution in [3.8, 4) is 17.2 Å². The van der Waals surface area contributed by atoms with E-state index in [1.54, 1.807) is 26.4 Å². The number of para-hydroxylation sites is 2. The van der Waals surface area contributed by atoms with Crippen LogP contribution in [0.1, 0.15) is 61.5 Å². The van der Waals surface area contributed by atoms with Crippen LogP contribution in [-0.2, 0) is 11.3 Å². The minimum atomic E-state index is -0.664. The van der Waals surface area contributed by atoms with Crippen LogP contribution < -0.4 is 19.5 Å². The third-order valence-corrected chi connectivity index (χ3v) is 6.35. The Morgan fingerprint density at radius 1 is 0.757 bits per heavy atom. The van der Waals surface area contributed by atoms with Gasteiger partial charge in [0.15, 0.2) is 0 Å². The predicted octanol–water partition coefficient (Wildman–Crippen LogP) is 5.11. The second-order valence-electron chi connectivity index (χ2n) is 8.99. The van der Waals surface area contributed by atoms with Crippen molar-refractivity contribution in [2.24, 2.45) is 0 Å². The number of nitrogens with one attached hydrogen (secondary N) is 1. The number of hydrogen-bond acceptors (Lipinski definition) is 7. The Kier molecular flexibility index (Phi) is 11.0. The summed E-state index contributed by atoms with van der Waals surface area (Å²) in [6.07, 6.45) is 1.14. The van der Waals surface area contributed by atoms with Gasteiger partial charge in [0.2, 0.25) is 0 Å². The van der Waals surface area contributed by atoms with E-state index in [9.17, 15) is 15.0 Å². The highest BCUT2D eigenvalue weighted by Gasteiger charge is 2.19. The average Bonchev–Trinajstić information content (AvgIpc) is 2.92. The summed E-state index contributed by atoms with van der Waals surface area (Å²) in [6.45, 7) is 1.97. The summed E-state index contributed by atoms with van der Waals surface area (Å²) in [5.41, 5.74) is 2.56. The lowest BCUT2D eigenvalue weighted by atomic mass is 9.95. The molecule has 3 aromatic carbocycles. The second kappa shape index (κ2) is 14.4. The number of carbonyl (C=O) groups excluding carboxylic acids is 1. The van der Waals surface area contributed by atoms with Gasteiger partial charge in [0.25, 0.3) is 0 Å². The summed E-state index contributed by atoms with van der Waals surface area (Å²) >= 11 is 0. The first-order valence-corrected chi connectivity index (χ1v) is 12.5. The molecule has 0 saturated heterocycles. The van der Waals surface area contributed by atoms with E-state index < -0.39 is 12.2 Å². The largest absolute Gasteiger partial charge is 0.496 e. The van der Waals surface area contributed by atoms with E-state index in [4.69, 9.17) is 14.2 Å². The van der Waals surface area contributed by atoms with E-state index in [0.717, 1.165) is 16.7 Å². The number of ether oxygens (including phenoxy) is 3. The van der Waals surface area contributed by atoms with Gasteiger partial charge >= 0.3 is 5.97 Å². The van der Waals surface area contributed by atoms with Gasteiger partial charge in [0.05, 0.1) is 26.4 Å². The first-order chi connectivity index (χ1) is 17.9. The van der Waals surface area contributed by atoms with Crippen molar-refractivity contribution in [1.29, 1.82) is 0 Å². The molecule has 0 saturated carbocycles. The molecule has 2 atom stereocenters. The molecule has 0 aliphatic carbocycles. The topological polar surface area (TPSA) is 97.2 Å². The summed E-state index contributed by atoms with van der Waals surface area (Å²) in [7, 11) is 3.20. The van der Waals surface area contributed by atoms with E-state index in [0.29, 0.717) is 49.5 Å². The number of benzene rings is 3. The molecule has 0 amide bonds. The Hall–Kier alpha value is -3.39. The molecule has 7 heteroatoms. The Bertz CT molecular complexity index is 1060. The molecule has 198 valence electrons. The van der Waals surface area contributed by atoms with Gasteiger partial charge < -0.3 is 29.7 Å². The fourth-order valence-electron chi connectivity index (χ4n) is 4.36. The average molecular weight is 508 g/mol. The van der Waals surface area contributed by atoms with Gasteiger partial charge in [-0.15, -0.1) is 0 Å². The van der Waals surface area contributed by atoms with Crippen LogP contribution in [0.3, 0.4) is 0 Å². The Morgan fingerprint density at radius 2 is 1.24 bits per heavy atom. The molecule has 0 aromatic heterocycles. The Balaban J connectivity index is 1.65. The van der Waals surface area contributed by atoms with Crippen molar-refractivity contribution in [2.75, 3.05) is 14.2 Å². The molecule has 0 fully saturated rings. The lowest BCUT2D eigenvalue weighted by Gasteiger charge is -2.23. The van der Waals surface area contributed by atoms with Crippen LogP contribution in [0, 0.1) is 0 Å². The van der Waals surface area contributed by atoms with Crippen molar-refractivity contribution < 1.29 is 29.2 Å². The van der Waals surface area contributed by atoms with Crippen molar-refractivity contribution in [3.63, 3.8) is 0 Å². The summed E-state index contributed by atoms with van der Waals surface area (Å²) in [4.78, 5) is 11.2. The maximum absolute atomic E-state index is 11.2. The Labute approximate surface area is 219 Å². The van der Waals surface area contributed by atoms with Gasteiger partial charge in [-0.05, 0) is 55.5 Å². The highest BCUT2D eigenvalue weighted by molar-refractivity contribution is 5.69. The van der Waals surface area contributed by atoms with E-state index in [-0.39, 0.29) is 12.0 Å². The normalized spacial score (nSPS) is 12.7. The van der Waals surface area contributed by atoms with Crippen molar-refractivity contribution in [3.05, 3.63) is 89.5 Å². The number of aliphatic hydroxyl groups is 2. The first-order valence-electron chi connectivity index (χ1n) is 12.5. The van der Waals surface area contributed by atoms with Gasteiger partial charge in [-0.2, -0.15) is 0 Å². The molecule has 3 N–H and O–H groups in total. The van der Waals surface area contributed by atoms with Gasteiger partial charge in [-0.1, -0.05) is 48.5 Å². The molecule has 7 nitrogen and oxygen atoms in total. The minimum Gasteiger partial charge on any atom is -0.496 e. The molecular weight excluding hydrogens is 470 g/mol. The number of carbonyl (C=O) groups is 1. The van der Waals surface area contributed by atoms with Crippen molar-refractivity contribution in [2.45, 2.75) is 57.4 Å². The monoisotopic (exact) mass is 507 g/mol. The summed E-state index contributed by atoms with van der Waals surface area (Å²) in [6, 6.07) is 22.4. The number of rotatable bonds is 14. The molecule has 3 rings (SSSR count). The fourth-order valence-corrected chi connectivity index (χ4v) is 4.36. The number of aliphatic hydroxyl groups excluding tert-OH is 2. The number of esters is 1. The van der Waals surface area contributed by atoms with Crippen molar-refractivity contribution >= 4 is 5.97 Å². The van der Waals surface area contributed by atoms with E-state index >= 15 is 0 Å². The van der Waals surface area contributed by atoms with Gasteiger partial charge in [0.1, 0.15) is 17.2 Å². The van der Waals surface area contributed by atoms with Crippen LogP contribution in [0.25, 0.3) is 0 Å². The first kappa shape index (κ1) is 28.2. The molecule has 0 spiro atoms. The maximum Gasteiger partial charge on any atom is 0.308 e. The van der Waals surface area contributed by atoms with Gasteiger partial charge in [-0.25, -0.2) is 0 Å². The van der Waals surface area contributed by atoms with E-state index in [1.165, 1.54) is 6.92 Å². The highest BCUT2D eigenvalue weighted by atomic mass is 16.5. The van der Waals surface area contributed by atoms with Crippen molar-refractivity contribution in [1.82, 2.24) is 5.32 Å². The number of methoxy groups -OCH3 is 2. The molecule has 0 bridgehead atoms. The number of hydrogen-bond donors (Lipinski definition) is 3. The smallest absolute Gasteiger partial charge is 0.308 e. The molecule has 0 unspecified atom stereocenters. The molecule has 37 heavy (non-hydrogen) atoms. The van der Waals surface area contributed by atoms with Crippen LogP contribution in [0.15, 0.2) is 72.8 Å². The Morgan fingerprint density at radius 3 is 1.70 bits per heavy atom. The zero-order valence-electron chi connectivity index (χ0n) is 21.7. The van der Waals surface area contributed by atoms with Gasteiger partial charge in [-0.3, -0.25) is 4.79 Å². The fraction of sp³-hybridized carbons (Fsp3) is 0.367. The molecule has 0 radical (unpaired) electrons. The third-order valence-electron chi connectivity index (χ3n) is 6.35. The molecule has 0 aliphatic rings. The molecule has 0 heterocycles. The lowest BCUT2D eigenvalue weighted by molar-refractivity contribution is -0.131. The SMILES string of the molecule is COc1ccccc1[C@H](O)CCC(CC[C@@H](O)c1ccccc1OC)NCc1ccc(OC(C)=O)cc1. The standard InChI is InChI=1S/C30H37NO6/c1-21(32)37-24-16-12-22(13-17-24)20-31-23(14-18-27(33)25-8-4-6-10-29(25)35-2)15-19-28(34)26-9-5-7-11-30(26)36-3/h4-13,16-17,23,27-28,31,33-34H,14-15,18-20H2,1-3H3/t27-,28-/m1/s1. The maximum atomic E-state index is 11.2. The van der Waals surface area contributed by atoms with Crippen LogP contribution in [0.2, 0.25) is 0 Å². The zero-order chi connectivity index (χ0) is 26.6. The predicted molar refractivity (Wildman–Crippen MR) is 143 cm³/mol. The molecular formula is C30H37NO6. The quantitative estimate of drug-likeness (QED) is 0.206. The highest BCUT2D eigenvalue weighted by Crippen LogP contribution is 2.31. The summed E-state index contributed by atoms with van der Waals surface area (Å²) in [5.74, 6) is 1.48. The van der Waals surface area contributed by atoms with E-state index in [1.807, 2.05) is 60.7 Å². The minimum absolute atomic E-state index is 0.0434. The van der Waals surface area contributed by atoms with Crippen LogP contribution in [0.5, 0.6) is 17.2 Å². The second-order valence-corrected chi connectivity index (χ2v) is 8.99.